The summed E-state index contributed by atoms with van der Waals surface area (Å²) < 4.78 is 38.8. The molecule has 500 valence electrons. The molecule has 10 fully saturated rings. The van der Waals surface area contributed by atoms with Gasteiger partial charge in [0.15, 0.2) is 0 Å². The van der Waals surface area contributed by atoms with Crippen LogP contribution in [-0.2, 0) is 76.3 Å². The summed E-state index contributed by atoms with van der Waals surface area (Å²) in [5.74, 6) is 4.72. The lowest BCUT2D eigenvalue weighted by Gasteiger charge is -2.59. The molecule has 10 saturated carbocycles. The van der Waals surface area contributed by atoms with Crippen molar-refractivity contribution in [1.29, 1.82) is 0 Å². The summed E-state index contributed by atoms with van der Waals surface area (Å²) in [4.78, 5) is 85.5. The molecule has 0 heterocycles. The minimum absolute atomic E-state index is 0.00463. The number of aliphatic hydroxyl groups is 1. The Morgan fingerprint density at radius 3 is 1.05 bits per heavy atom. The van der Waals surface area contributed by atoms with Crippen LogP contribution in [0.1, 0.15) is 263 Å². The summed E-state index contributed by atoms with van der Waals surface area (Å²) in [5.41, 5.74) is 0.0476. The summed E-state index contributed by atoms with van der Waals surface area (Å²) >= 11 is 0. The molecule has 0 aromatic carbocycles. The Morgan fingerprint density at radius 2 is 0.756 bits per heavy atom. The van der Waals surface area contributed by atoms with E-state index < -0.39 is 5.60 Å². The predicted octanol–water partition coefficient (Wildman–Crippen LogP) is 14.3. The van der Waals surface area contributed by atoms with Gasteiger partial charge < -0.3 is 43.0 Å². The molecule has 0 radical (unpaired) electrons. The van der Waals surface area contributed by atoms with Gasteiger partial charge in [-0.05, 0) is 158 Å². The highest BCUT2D eigenvalue weighted by Crippen LogP contribution is 2.62. The van der Waals surface area contributed by atoms with Gasteiger partial charge in [0.2, 0.25) is 0 Å². The topological polar surface area (TPSA) is 231 Å². The van der Waals surface area contributed by atoms with Crippen molar-refractivity contribution in [3.05, 3.63) is 0 Å². The summed E-state index contributed by atoms with van der Waals surface area (Å²) in [6.07, 6.45) is 31.2. The van der Waals surface area contributed by atoms with Gasteiger partial charge in [0.1, 0.15) is 0 Å². The van der Waals surface area contributed by atoms with Crippen LogP contribution in [-0.4, -0.2) is 113 Å². The van der Waals surface area contributed by atoms with Crippen LogP contribution in [0.3, 0.4) is 0 Å². The Kier molecular flexibility index (Phi) is 40.2. The van der Waals surface area contributed by atoms with E-state index in [2.05, 4.69) is 18.9 Å². The maximum atomic E-state index is 11.3. The van der Waals surface area contributed by atoms with Gasteiger partial charge in [-0.3, -0.25) is 38.4 Å². The molecular formula is C69H122O17. The molecule has 1 N–H and O–H groups in total. The molecule has 10 rings (SSSR count). The maximum absolute atomic E-state index is 11.3. The van der Waals surface area contributed by atoms with Crippen LogP contribution < -0.4 is 0 Å². The van der Waals surface area contributed by atoms with Crippen molar-refractivity contribution in [1.82, 2.24) is 0 Å². The normalized spacial score (nSPS) is 26.0. The largest absolute Gasteiger partial charge is 0.469 e. The second kappa shape index (κ2) is 43.4. The van der Waals surface area contributed by atoms with E-state index in [0.29, 0.717) is 94.2 Å². The van der Waals surface area contributed by atoms with Crippen LogP contribution in [0.25, 0.3) is 0 Å². The number of esters is 8. The zero-order valence-corrected chi connectivity index (χ0v) is 56.6. The molecule has 0 saturated heterocycles. The quantitative estimate of drug-likeness (QED) is 0.0993. The monoisotopic (exact) mass is 1220 g/mol. The average molecular weight is 1220 g/mol. The number of carbonyl (C=O) groups excluding carboxylic acids is 8. The van der Waals surface area contributed by atoms with Crippen LogP contribution in [0.4, 0.5) is 0 Å². The zero-order valence-electron chi connectivity index (χ0n) is 56.6. The van der Waals surface area contributed by atoms with E-state index in [-0.39, 0.29) is 70.9 Å². The number of hydrogen-bond acceptors (Lipinski definition) is 17. The average Bonchev–Trinajstić information content (AvgIpc) is 1.29. The van der Waals surface area contributed by atoms with Gasteiger partial charge in [0.05, 0.1) is 77.7 Å². The van der Waals surface area contributed by atoms with Crippen LogP contribution in [0.2, 0.25) is 0 Å². The van der Waals surface area contributed by atoms with Gasteiger partial charge in [-0.25, -0.2) is 0 Å². The summed E-state index contributed by atoms with van der Waals surface area (Å²) in [6, 6.07) is 0. The Hall–Kier alpha value is -4.28. The second-order valence-electron chi connectivity index (χ2n) is 26.8. The Labute approximate surface area is 520 Å². The number of methoxy groups -OCH3 is 3. The number of hydrogen-bond donors (Lipinski definition) is 1. The zero-order chi connectivity index (χ0) is 64.9. The molecule has 2 unspecified atom stereocenters. The van der Waals surface area contributed by atoms with E-state index in [0.717, 1.165) is 56.3 Å². The van der Waals surface area contributed by atoms with Crippen molar-refractivity contribution in [2.45, 2.75) is 268 Å². The lowest BCUT2D eigenvalue weighted by Crippen LogP contribution is -2.57. The Bertz CT molecular complexity index is 1870. The van der Waals surface area contributed by atoms with Gasteiger partial charge in [-0.1, -0.05) is 115 Å². The van der Waals surface area contributed by atoms with Gasteiger partial charge in [-0.15, -0.1) is 0 Å². The van der Waals surface area contributed by atoms with Crippen LogP contribution in [0.5, 0.6) is 0 Å². The van der Waals surface area contributed by atoms with Crippen molar-refractivity contribution >= 4 is 47.8 Å². The molecule has 10 aliphatic carbocycles. The molecule has 0 amide bonds. The van der Waals surface area contributed by atoms with E-state index >= 15 is 0 Å². The molecule has 0 aliphatic heterocycles. The van der Waals surface area contributed by atoms with Gasteiger partial charge in [0, 0.05) is 42.9 Å². The minimum Gasteiger partial charge on any atom is -0.469 e. The molecule has 0 spiro atoms. The molecule has 0 aromatic heterocycles. The SMILES string of the molecule is CCC(=O)OC.CCC(=O)OCC12CC3CC(CC(C3)C1)C2.CCC(=O)OCC12CC3CC(CC(O)(C3)C1)C2.CCC(=O)OCC1CCCCC1.CCCC(=O)OCC1CCCCC1.CCOC(=O)C(C)C.COC(=O)C(C)C.COC(=O)C(C)C. The Morgan fingerprint density at radius 1 is 0.407 bits per heavy atom. The van der Waals surface area contributed by atoms with Crippen LogP contribution >= 0.6 is 0 Å². The summed E-state index contributed by atoms with van der Waals surface area (Å²) in [5, 5.41) is 10.5. The molecule has 2 atom stereocenters. The lowest BCUT2D eigenvalue weighted by atomic mass is 9.48. The highest BCUT2D eigenvalue weighted by atomic mass is 16.6. The van der Waals surface area contributed by atoms with Gasteiger partial charge in [0.25, 0.3) is 0 Å². The van der Waals surface area contributed by atoms with Crippen molar-refractivity contribution in [3.8, 4) is 0 Å². The Balaban J connectivity index is 0.000000506. The number of carbonyl (C=O) groups is 8. The third-order valence-corrected chi connectivity index (χ3v) is 17.7. The first-order chi connectivity index (χ1) is 40.7. The molecule has 17 nitrogen and oxygen atoms in total. The molecule has 10 aliphatic rings. The highest BCUT2D eigenvalue weighted by Gasteiger charge is 2.57. The fourth-order valence-corrected chi connectivity index (χ4v) is 14.1. The minimum atomic E-state index is -0.442. The van der Waals surface area contributed by atoms with Gasteiger partial charge >= 0.3 is 47.8 Å². The lowest BCUT2D eigenvalue weighted by molar-refractivity contribution is -0.186. The van der Waals surface area contributed by atoms with E-state index in [1.165, 1.54) is 130 Å². The molecule has 86 heavy (non-hydrogen) atoms. The first-order valence-electron chi connectivity index (χ1n) is 33.5. The van der Waals surface area contributed by atoms with Crippen molar-refractivity contribution < 1.29 is 81.4 Å². The third-order valence-electron chi connectivity index (χ3n) is 17.7. The number of ether oxygens (including phenoxy) is 8. The maximum Gasteiger partial charge on any atom is 0.308 e. The molecule has 0 aromatic rings. The van der Waals surface area contributed by atoms with Crippen molar-refractivity contribution in [2.24, 2.45) is 70.0 Å². The first-order valence-corrected chi connectivity index (χ1v) is 33.5. The first kappa shape index (κ1) is 79.7. The van der Waals surface area contributed by atoms with Crippen LogP contribution in [0.15, 0.2) is 0 Å². The second-order valence-corrected chi connectivity index (χ2v) is 26.8. The van der Waals surface area contributed by atoms with E-state index in [1.807, 2.05) is 41.5 Å². The summed E-state index contributed by atoms with van der Waals surface area (Å²) in [6.45, 7) is 25.0. The fraction of sp³-hybridized carbons (Fsp3) is 0.884. The van der Waals surface area contributed by atoms with E-state index in [1.54, 1.807) is 41.5 Å². The summed E-state index contributed by atoms with van der Waals surface area (Å²) in [7, 11) is 4.16. The molecular weight excluding hydrogens is 1100 g/mol. The number of rotatable bonds is 18. The van der Waals surface area contributed by atoms with Crippen LogP contribution in [0, 0.1) is 70.0 Å². The third kappa shape index (κ3) is 32.8. The fourth-order valence-electron chi connectivity index (χ4n) is 14.1. The van der Waals surface area contributed by atoms with Crippen molar-refractivity contribution in [3.63, 3.8) is 0 Å². The smallest absolute Gasteiger partial charge is 0.308 e. The molecule has 8 bridgehead atoms. The van der Waals surface area contributed by atoms with E-state index in [9.17, 15) is 43.5 Å². The highest BCUT2D eigenvalue weighted by molar-refractivity contribution is 5.72. The standard InChI is InChI=1S/C14H22O3.C14H22O2.C11H20O2.C10H18O2.C6H12O2.2C5H10O2.C4H8O2/c1-2-12(15)17-9-13-4-10-3-11(5-13)7-14(16,6-10)8-13;1-2-13(15)16-9-14-6-10-3-11(7-14)5-12(4-10)8-14;1-2-6-11(12)13-9-10-7-4-3-5-8-10;1-2-10(11)12-8-9-6-4-3-5-7-9;1-4-8-6(7)5(2)3;2*1-4(2)5(6)7-3;1-3-4(5)6-2/h10-11,16H,2-9H2,1H3;10-12H,2-9H2,1H3;10H,2-9H2,1H3;9H,2-8H2,1H3;5H,4H2,1-3H3;2*4H,1-3H3;3H2,1-2H3. The van der Waals surface area contributed by atoms with Crippen molar-refractivity contribution in [2.75, 3.05) is 54.4 Å². The predicted molar refractivity (Wildman–Crippen MR) is 333 cm³/mol. The molecule has 17 heteroatoms. The van der Waals surface area contributed by atoms with E-state index in [4.69, 9.17) is 18.9 Å². The van der Waals surface area contributed by atoms with Gasteiger partial charge in [-0.2, -0.15) is 0 Å².